The second-order valence-electron chi connectivity index (χ2n) is 5.74. The third kappa shape index (κ3) is 2.76. The Morgan fingerprint density at radius 2 is 2.04 bits per heavy atom. The minimum absolute atomic E-state index is 0.0223. The van der Waals surface area contributed by atoms with E-state index in [2.05, 4.69) is 24.3 Å². The van der Waals surface area contributed by atoms with Crippen LogP contribution in [0.25, 0.3) is 10.8 Å². The third-order valence-electron chi connectivity index (χ3n) is 4.23. The van der Waals surface area contributed by atoms with Crippen LogP contribution in [0, 0.1) is 0 Å². The largest absolute Gasteiger partial charge is 0.497 e. The highest BCUT2D eigenvalue weighted by molar-refractivity contribution is 8.00. The molecule has 5 heteroatoms. The molecule has 0 N–H and O–H groups in total. The van der Waals surface area contributed by atoms with E-state index in [0.29, 0.717) is 12.3 Å². The molecule has 1 amide bonds. The quantitative estimate of drug-likeness (QED) is 0.714. The summed E-state index contributed by atoms with van der Waals surface area (Å²) in [5.74, 6) is 2.31. The van der Waals surface area contributed by atoms with Crippen LogP contribution in [0.5, 0.6) is 5.75 Å². The molecule has 2 heterocycles. The number of benzene rings is 2. The highest BCUT2D eigenvalue weighted by Gasteiger charge is 2.33. The van der Waals surface area contributed by atoms with E-state index >= 15 is 0 Å². The zero-order valence-electron chi connectivity index (χ0n) is 13.3. The van der Waals surface area contributed by atoms with Crippen molar-refractivity contribution >= 4 is 28.4 Å². The lowest BCUT2D eigenvalue weighted by molar-refractivity contribution is -0.128. The molecule has 0 radical (unpaired) electrons. The minimum Gasteiger partial charge on any atom is -0.497 e. The normalized spacial score (nSPS) is 17.6. The van der Waals surface area contributed by atoms with Crippen LogP contribution < -0.4 is 4.74 Å². The number of ether oxygens (including phenoxy) is 1. The van der Waals surface area contributed by atoms with Gasteiger partial charge in [0.2, 0.25) is 5.91 Å². The van der Waals surface area contributed by atoms with Crippen LogP contribution in [0.3, 0.4) is 0 Å². The number of nitrogens with zero attached hydrogens (tertiary/aromatic N) is 1. The van der Waals surface area contributed by atoms with Crippen LogP contribution in [0.2, 0.25) is 0 Å². The summed E-state index contributed by atoms with van der Waals surface area (Å²) >= 11 is 1.66. The standard InChI is InChI=1S/C19H17NO3S/c1-22-16-7-6-13-9-15(5-4-14(13)10-16)19-20(18(21)12-24-19)11-17-3-2-8-23-17/h2-10,19H,11-12H2,1H3. The summed E-state index contributed by atoms with van der Waals surface area (Å²) in [6.45, 7) is 0.504. The van der Waals surface area contributed by atoms with E-state index in [4.69, 9.17) is 9.15 Å². The molecular weight excluding hydrogens is 322 g/mol. The molecule has 122 valence electrons. The molecule has 0 spiro atoms. The molecule has 24 heavy (non-hydrogen) atoms. The minimum atomic E-state index is 0.0223. The fraction of sp³-hybridized carbons (Fsp3) is 0.211. The van der Waals surface area contributed by atoms with Gasteiger partial charge < -0.3 is 14.1 Å². The van der Waals surface area contributed by atoms with Gasteiger partial charge in [0.1, 0.15) is 16.9 Å². The van der Waals surface area contributed by atoms with Gasteiger partial charge in [-0.2, -0.15) is 0 Å². The highest BCUT2D eigenvalue weighted by Crippen LogP contribution is 2.40. The number of hydrogen-bond acceptors (Lipinski definition) is 4. The summed E-state index contributed by atoms with van der Waals surface area (Å²) in [4.78, 5) is 14.2. The first-order valence-electron chi connectivity index (χ1n) is 7.76. The fourth-order valence-electron chi connectivity index (χ4n) is 2.99. The molecule has 1 aromatic heterocycles. The Morgan fingerprint density at radius 3 is 2.83 bits per heavy atom. The van der Waals surface area contributed by atoms with Crippen LogP contribution >= 0.6 is 11.8 Å². The molecule has 0 saturated carbocycles. The van der Waals surface area contributed by atoms with Crippen LogP contribution in [0.1, 0.15) is 16.7 Å². The molecule has 4 rings (SSSR count). The van der Waals surface area contributed by atoms with Crippen molar-refractivity contribution < 1.29 is 13.9 Å². The molecule has 1 aliphatic heterocycles. The molecular formula is C19H17NO3S. The van der Waals surface area contributed by atoms with Crippen LogP contribution in [-0.2, 0) is 11.3 Å². The summed E-state index contributed by atoms with van der Waals surface area (Å²) in [6.07, 6.45) is 1.64. The number of carbonyl (C=O) groups excluding carboxylic acids is 1. The number of amides is 1. The van der Waals surface area contributed by atoms with Crippen molar-refractivity contribution in [2.75, 3.05) is 12.9 Å². The maximum Gasteiger partial charge on any atom is 0.234 e. The van der Waals surface area contributed by atoms with Gasteiger partial charge in [-0.05, 0) is 46.7 Å². The summed E-state index contributed by atoms with van der Waals surface area (Å²) in [6, 6.07) is 16.1. The van der Waals surface area contributed by atoms with Crippen LogP contribution in [-0.4, -0.2) is 23.7 Å². The fourth-order valence-corrected chi connectivity index (χ4v) is 4.17. The van der Waals surface area contributed by atoms with Gasteiger partial charge in [0, 0.05) is 0 Å². The predicted molar refractivity (Wildman–Crippen MR) is 95.0 cm³/mol. The number of rotatable bonds is 4. The lowest BCUT2D eigenvalue weighted by Crippen LogP contribution is -2.27. The van der Waals surface area contributed by atoms with E-state index in [0.717, 1.165) is 27.8 Å². The van der Waals surface area contributed by atoms with Gasteiger partial charge in [-0.15, -0.1) is 11.8 Å². The Kier molecular flexibility index (Phi) is 3.94. The van der Waals surface area contributed by atoms with Gasteiger partial charge in [0.15, 0.2) is 0 Å². The number of methoxy groups -OCH3 is 1. The third-order valence-corrected chi connectivity index (χ3v) is 5.49. The van der Waals surface area contributed by atoms with Crippen molar-refractivity contribution in [3.8, 4) is 5.75 Å². The Morgan fingerprint density at radius 1 is 1.21 bits per heavy atom. The maximum atomic E-state index is 12.3. The Bertz CT molecular complexity index is 875. The summed E-state index contributed by atoms with van der Waals surface area (Å²) in [7, 11) is 1.67. The van der Waals surface area contributed by atoms with Crippen molar-refractivity contribution in [3.05, 3.63) is 66.1 Å². The van der Waals surface area contributed by atoms with Crippen molar-refractivity contribution in [2.24, 2.45) is 0 Å². The van der Waals surface area contributed by atoms with Gasteiger partial charge in [-0.3, -0.25) is 4.79 Å². The molecule has 0 bridgehead atoms. The molecule has 1 fully saturated rings. The number of carbonyl (C=O) groups is 1. The number of thioether (sulfide) groups is 1. The van der Waals surface area contributed by atoms with Crippen molar-refractivity contribution in [2.45, 2.75) is 11.9 Å². The lowest BCUT2D eigenvalue weighted by atomic mass is 10.1. The molecule has 1 aliphatic rings. The van der Waals surface area contributed by atoms with Crippen molar-refractivity contribution in [1.29, 1.82) is 0 Å². The maximum absolute atomic E-state index is 12.3. The van der Waals surface area contributed by atoms with Gasteiger partial charge in [-0.25, -0.2) is 0 Å². The van der Waals surface area contributed by atoms with E-state index in [9.17, 15) is 4.79 Å². The highest BCUT2D eigenvalue weighted by atomic mass is 32.2. The summed E-state index contributed by atoms with van der Waals surface area (Å²) in [5.41, 5.74) is 1.13. The Labute approximate surface area is 144 Å². The summed E-state index contributed by atoms with van der Waals surface area (Å²) < 4.78 is 10.7. The number of furan rings is 1. The molecule has 3 aromatic rings. The molecule has 1 unspecified atom stereocenters. The molecule has 1 atom stereocenters. The molecule has 1 saturated heterocycles. The second kappa shape index (κ2) is 6.24. The first-order valence-corrected chi connectivity index (χ1v) is 8.80. The zero-order valence-corrected chi connectivity index (χ0v) is 14.1. The smallest absolute Gasteiger partial charge is 0.234 e. The van der Waals surface area contributed by atoms with E-state index in [1.807, 2.05) is 29.2 Å². The average Bonchev–Trinajstić information content (AvgIpc) is 3.25. The molecule has 4 nitrogen and oxygen atoms in total. The van der Waals surface area contributed by atoms with Crippen LogP contribution in [0.15, 0.2) is 59.2 Å². The van der Waals surface area contributed by atoms with E-state index in [-0.39, 0.29) is 11.3 Å². The first kappa shape index (κ1) is 15.1. The molecule has 0 aliphatic carbocycles. The van der Waals surface area contributed by atoms with Crippen LogP contribution in [0.4, 0.5) is 0 Å². The lowest BCUT2D eigenvalue weighted by Gasteiger charge is -2.23. The number of fused-ring (bicyclic) bond motifs is 1. The van der Waals surface area contributed by atoms with E-state index in [1.165, 1.54) is 0 Å². The Balaban J connectivity index is 1.66. The topological polar surface area (TPSA) is 42.7 Å². The van der Waals surface area contributed by atoms with Gasteiger partial charge in [-0.1, -0.05) is 18.2 Å². The van der Waals surface area contributed by atoms with Crippen molar-refractivity contribution in [1.82, 2.24) is 4.90 Å². The average molecular weight is 339 g/mol. The van der Waals surface area contributed by atoms with Crippen molar-refractivity contribution in [3.63, 3.8) is 0 Å². The zero-order chi connectivity index (χ0) is 16.5. The SMILES string of the molecule is COc1ccc2cc(C3SCC(=O)N3Cc3ccco3)ccc2c1. The van der Waals surface area contributed by atoms with Gasteiger partial charge in [0.05, 0.1) is 25.7 Å². The number of hydrogen-bond donors (Lipinski definition) is 0. The predicted octanol–water partition coefficient (Wildman–Crippen LogP) is 4.22. The monoisotopic (exact) mass is 339 g/mol. The van der Waals surface area contributed by atoms with Gasteiger partial charge >= 0.3 is 0 Å². The summed E-state index contributed by atoms with van der Waals surface area (Å²) in [5, 5.41) is 2.30. The molecule has 2 aromatic carbocycles. The second-order valence-corrected chi connectivity index (χ2v) is 6.81. The van der Waals surface area contributed by atoms with E-state index in [1.54, 1.807) is 25.1 Å². The first-order chi connectivity index (χ1) is 11.7. The Hall–Kier alpha value is -2.40. The van der Waals surface area contributed by atoms with Gasteiger partial charge in [0.25, 0.3) is 0 Å². The van der Waals surface area contributed by atoms with E-state index < -0.39 is 0 Å².